The Bertz CT molecular complexity index is 641. The zero-order chi connectivity index (χ0) is 14.2. The van der Waals surface area contributed by atoms with Crippen molar-refractivity contribution in [2.45, 2.75) is 12.0 Å². The first kappa shape index (κ1) is 12.9. The average Bonchev–Trinajstić information content (AvgIpc) is 2.55. The Labute approximate surface area is 125 Å². The molecule has 2 aromatic rings. The fraction of sp³-hybridized carbons (Fsp3) is 0.333. The second-order valence-electron chi connectivity index (χ2n) is 5.99. The molecule has 2 aliphatic heterocycles. The number of hydrogen-bond acceptors (Lipinski definition) is 3. The van der Waals surface area contributed by atoms with Gasteiger partial charge in [0.1, 0.15) is 5.75 Å². The van der Waals surface area contributed by atoms with Crippen molar-refractivity contribution in [3.63, 3.8) is 0 Å². The van der Waals surface area contributed by atoms with Crippen LogP contribution in [0.2, 0.25) is 0 Å². The third-order valence-electron chi connectivity index (χ3n) is 4.78. The molecule has 108 valence electrons. The summed E-state index contributed by atoms with van der Waals surface area (Å²) in [7, 11) is 0. The maximum atomic E-state index is 9.90. The predicted octanol–water partition coefficient (Wildman–Crippen LogP) is 2.48. The number of piperazine rings is 1. The van der Waals surface area contributed by atoms with E-state index < -0.39 is 0 Å². The minimum atomic E-state index is 0.369. The third-order valence-corrected chi connectivity index (χ3v) is 4.78. The first-order valence-electron chi connectivity index (χ1n) is 7.65. The molecule has 2 aliphatic rings. The first-order valence-corrected chi connectivity index (χ1v) is 7.65. The Morgan fingerprint density at radius 1 is 1.05 bits per heavy atom. The Morgan fingerprint density at radius 2 is 1.90 bits per heavy atom. The molecule has 1 saturated heterocycles. The quantitative estimate of drug-likeness (QED) is 0.842. The number of nitrogens with zero attached hydrogens (tertiary/aromatic N) is 1. The van der Waals surface area contributed by atoms with Gasteiger partial charge in [-0.25, -0.2) is 0 Å². The van der Waals surface area contributed by atoms with Gasteiger partial charge in [0.2, 0.25) is 0 Å². The van der Waals surface area contributed by atoms with Crippen molar-refractivity contribution >= 4 is 0 Å². The van der Waals surface area contributed by atoms with Crippen LogP contribution in [0.1, 0.15) is 28.7 Å². The van der Waals surface area contributed by atoms with Gasteiger partial charge in [0, 0.05) is 38.1 Å². The molecule has 2 atom stereocenters. The van der Waals surface area contributed by atoms with Crippen molar-refractivity contribution in [1.82, 2.24) is 10.2 Å². The summed E-state index contributed by atoms with van der Waals surface area (Å²) in [5.41, 5.74) is 4.01. The molecule has 3 heteroatoms. The minimum Gasteiger partial charge on any atom is -0.508 e. The molecule has 21 heavy (non-hydrogen) atoms. The molecule has 3 nitrogen and oxygen atoms in total. The van der Waals surface area contributed by atoms with Gasteiger partial charge >= 0.3 is 0 Å². The van der Waals surface area contributed by atoms with E-state index in [2.05, 4.69) is 46.6 Å². The van der Waals surface area contributed by atoms with E-state index in [1.807, 2.05) is 12.1 Å². The maximum Gasteiger partial charge on any atom is 0.115 e. The van der Waals surface area contributed by atoms with Gasteiger partial charge in [-0.1, -0.05) is 36.4 Å². The van der Waals surface area contributed by atoms with Crippen molar-refractivity contribution in [2.75, 3.05) is 26.2 Å². The number of rotatable bonds is 1. The molecule has 0 bridgehead atoms. The molecule has 0 saturated carbocycles. The van der Waals surface area contributed by atoms with E-state index in [0.29, 0.717) is 17.7 Å². The highest BCUT2D eigenvalue weighted by molar-refractivity contribution is 5.46. The van der Waals surface area contributed by atoms with Crippen LogP contribution in [-0.4, -0.2) is 36.2 Å². The lowest BCUT2D eigenvalue weighted by Gasteiger charge is -2.44. The van der Waals surface area contributed by atoms with E-state index >= 15 is 0 Å². The van der Waals surface area contributed by atoms with Gasteiger partial charge in [0.15, 0.2) is 0 Å². The Balaban J connectivity index is 1.83. The average molecular weight is 280 g/mol. The Morgan fingerprint density at radius 3 is 2.76 bits per heavy atom. The van der Waals surface area contributed by atoms with Gasteiger partial charge in [-0.15, -0.1) is 0 Å². The molecule has 2 aromatic carbocycles. The molecule has 0 aromatic heterocycles. The molecular weight excluding hydrogens is 260 g/mol. The van der Waals surface area contributed by atoms with Gasteiger partial charge in [0.05, 0.1) is 0 Å². The zero-order valence-electron chi connectivity index (χ0n) is 12.0. The van der Waals surface area contributed by atoms with Crippen LogP contribution in [-0.2, 0) is 0 Å². The fourth-order valence-electron chi connectivity index (χ4n) is 3.74. The monoisotopic (exact) mass is 280 g/mol. The molecule has 0 aliphatic carbocycles. The van der Waals surface area contributed by atoms with Crippen LogP contribution in [0.15, 0.2) is 48.5 Å². The normalized spacial score (nSPS) is 25.1. The highest BCUT2D eigenvalue weighted by Crippen LogP contribution is 2.41. The summed E-state index contributed by atoms with van der Waals surface area (Å²) in [4.78, 5) is 2.55. The first-order chi connectivity index (χ1) is 10.3. The topological polar surface area (TPSA) is 35.5 Å². The van der Waals surface area contributed by atoms with Gasteiger partial charge in [0.25, 0.3) is 0 Å². The predicted molar refractivity (Wildman–Crippen MR) is 83.6 cm³/mol. The summed E-state index contributed by atoms with van der Waals surface area (Å²) in [5.74, 6) is 0.768. The molecule has 0 amide bonds. The van der Waals surface area contributed by atoms with E-state index in [1.165, 1.54) is 16.7 Å². The summed E-state index contributed by atoms with van der Waals surface area (Å²) in [6, 6.07) is 17.0. The Kier molecular flexibility index (Phi) is 3.17. The van der Waals surface area contributed by atoms with E-state index in [1.54, 1.807) is 0 Å². The van der Waals surface area contributed by atoms with Crippen LogP contribution in [0.3, 0.4) is 0 Å². The van der Waals surface area contributed by atoms with E-state index in [-0.39, 0.29) is 0 Å². The highest BCUT2D eigenvalue weighted by atomic mass is 16.3. The lowest BCUT2D eigenvalue weighted by atomic mass is 9.80. The van der Waals surface area contributed by atoms with Gasteiger partial charge in [-0.3, -0.25) is 4.90 Å². The summed E-state index contributed by atoms with van der Waals surface area (Å²) in [5, 5.41) is 13.4. The van der Waals surface area contributed by atoms with E-state index in [4.69, 9.17) is 0 Å². The fourth-order valence-corrected chi connectivity index (χ4v) is 3.74. The molecule has 0 unspecified atom stereocenters. The number of hydrogen-bond donors (Lipinski definition) is 2. The number of phenolic OH excluding ortho intramolecular Hbond substituents is 1. The number of aromatic hydroxyl groups is 1. The van der Waals surface area contributed by atoms with Crippen molar-refractivity contribution in [2.24, 2.45) is 0 Å². The van der Waals surface area contributed by atoms with Crippen molar-refractivity contribution in [3.8, 4) is 5.75 Å². The lowest BCUT2D eigenvalue weighted by Crippen LogP contribution is -2.50. The molecule has 2 N–H and O–H groups in total. The number of fused-ring (bicyclic) bond motifs is 3. The molecule has 4 rings (SSSR count). The second kappa shape index (κ2) is 5.17. The lowest BCUT2D eigenvalue weighted by molar-refractivity contribution is 0.143. The van der Waals surface area contributed by atoms with Crippen LogP contribution in [0, 0.1) is 0 Å². The number of benzene rings is 2. The highest BCUT2D eigenvalue weighted by Gasteiger charge is 2.35. The van der Waals surface area contributed by atoms with Crippen LogP contribution in [0.5, 0.6) is 5.75 Å². The van der Waals surface area contributed by atoms with Gasteiger partial charge < -0.3 is 10.4 Å². The maximum absolute atomic E-state index is 9.90. The van der Waals surface area contributed by atoms with Crippen molar-refractivity contribution in [1.29, 1.82) is 0 Å². The summed E-state index contributed by atoms with van der Waals surface area (Å²) in [6.07, 6.45) is 0. The zero-order valence-corrected chi connectivity index (χ0v) is 12.0. The van der Waals surface area contributed by atoms with E-state index in [0.717, 1.165) is 26.2 Å². The largest absolute Gasteiger partial charge is 0.508 e. The second-order valence-corrected chi connectivity index (χ2v) is 5.99. The van der Waals surface area contributed by atoms with Gasteiger partial charge in [-0.05, 0) is 28.8 Å². The summed E-state index contributed by atoms with van der Waals surface area (Å²) in [6.45, 7) is 4.15. The molecule has 0 radical (unpaired) electrons. The summed E-state index contributed by atoms with van der Waals surface area (Å²) < 4.78 is 0. The van der Waals surface area contributed by atoms with E-state index in [9.17, 15) is 5.11 Å². The van der Waals surface area contributed by atoms with Gasteiger partial charge in [-0.2, -0.15) is 0 Å². The number of phenols is 1. The third kappa shape index (κ3) is 2.23. The molecule has 0 spiro atoms. The van der Waals surface area contributed by atoms with Crippen molar-refractivity contribution in [3.05, 3.63) is 65.2 Å². The van der Waals surface area contributed by atoms with Crippen LogP contribution in [0.25, 0.3) is 0 Å². The van der Waals surface area contributed by atoms with Crippen molar-refractivity contribution < 1.29 is 5.11 Å². The standard InChI is InChI=1S/C18H20N2O/c21-14-6-7-15-16(10-14)18-11-19-8-9-20(18)12-17(15)13-4-2-1-3-5-13/h1-7,10,17-19,21H,8-9,11-12H2/t17-,18-/m0/s1. The van der Waals surface area contributed by atoms with Crippen LogP contribution < -0.4 is 5.32 Å². The SMILES string of the molecule is Oc1ccc2c(c1)[C@@H]1CNCCN1C[C@H]2c1ccccc1. The Hall–Kier alpha value is -1.84. The van der Waals surface area contributed by atoms with Crippen LogP contribution in [0.4, 0.5) is 0 Å². The van der Waals surface area contributed by atoms with Crippen LogP contribution >= 0.6 is 0 Å². The summed E-state index contributed by atoms with van der Waals surface area (Å²) >= 11 is 0. The minimum absolute atomic E-state index is 0.369. The molecule has 2 heterocycles. The molecule has 1 fully saturated rings. The smallest absolute Gasteiger partial charge is 0.115 e. The molecular formula is C18H20N2O. The number of nitrogens with one attached hydrogen (secondary N) is 1.